The Kier molecular flexibility index (Phi) is 4.23. The predicted molar refractivity (Wildman–Crippen MR) is 82.8 cm³/mol. The van der Waals surface area contributed by atoms with Crippen LogP contribution in [0.2, 0.25) is 37.2 Å². The maximum atomic E-state index is 4.03. The molecule has 0 aliphatic carbocycles. The Morgan fingerprint density at radius 1 is 1.12 bits per heavy atom. The average molecular weight is 248 g/mol. The Labute approximate surface area is 109 Å². The molecule has 1 atom stereocenters. The van der Waals surface area contributed by atoms with Gasteiger partial charge in [-0.25, -0.2) is 0 Å². The molecule has 0 radical (unpaired) electrons. The first-order chi connectivity index (χ1) is 8.04. The van der Waals surface area contributed by atoms with Crippen LogP contribution >= 0.6 is 0 Å². The van der Waals surface area contributed by atoms with E-state index in [0.29, 0.717) is 0 Å². The maximum Gasteiger partial charge on any atom is 0.147 e. The Morgan fingerprint density at radius 2 is 1.71 bits per heavy atom. The van der Waals surface area contributed by atoms with Crippen LogP contribution < -0.4 is 0 Å². The van der Waals surface area contributed by atoms with Gasteiger partial charge in [0, 0.05) is 8.07 Å². The highest BCUT2D eigenvalue weighted by molar-refractivity contribution is 6.90. The molecule has 0 aromatic heterocycles. The summed E-state index contributed by atoms with van der Waals surface area (Å²) in [6.45, 7) is 12.8. The zero-order valence-electron chi connectivity index (χ0n) is 12.0. The lowest BCUT2D eigenvalue weighted by atomic mass is 9.35. The van der Waals surface area contributed by atoms with Crippen LogP contribution in [0.4, 0.5) is 0 Å². The van der Waals surface area contributed by atoms with Crippen molar-refractivity contribution in [1.29, 1.82) is 0 Å². The Morgan fingerprint density at radius 3 is 2.18 bits per heavy atom. The maximum absolute atomic E-state index is 4.03. The van der Waals surface area contributed by atoms with Crippen LogP contribution in [0.25, 0.3) is 0 Å². The van der Waals surface area contributed by atoms with E-state index in [4.69, 9.17) is 0 Å². The molecular formula is C15H29BSi. The third kappa shape index (κ3) is 2.89. The van der Waals surface area contributed by atoms with Crippen molar-refractivity contribution in [3.05, 3.63) is 12.7 Å². The summed E-state index contributed by atoms with van der Waals surface area (Å²) in [4.78, 5) is 0. The number of allylic oxidation sites excluding steroid dienone is 1. The fourth-order valence-electron chi connectivity index (χ4n) is 4.88. The van der Waals surface area contributed by atoms with Crippen LogP contribution in [0, 0.1) is 5.92 Å². The molecule has 2 rings (SSSR count). The number of hydrogen-bond acceptors (Lipinski definition) is 0. The van der Waals surface area contributed by atoms with Crippen molar-refractivity contribution >= 4 is 14.8 Å². The molecular weight excluding hydrogens is 219 g/mol. The molecule has 0 saturated carbocycles. The van der Waals surface area contributed by atoms with E-state index in [2.05, 4.69) is 32.3 Å². The van der Waals surface area contributed by atoms with Gasteiger partial charge in [0.1, 0.15) is 6.71 Å². The Hall–Kier alpha value is 0.0218. The van der Waals surface area contributed by atoms with Gasteiger partial charge >= 0.3 is 0 Å². The van der Waals surface area contributed by atoms with Crippen LogP contribution in [0.3, 0.4) is 0 Å². The summed E-state index contributed by atoms with van der Waals surface area (Å²) in [7, 11) is -1.02. The molecule has 2 aliphatic rings. The van der Waals surface area contributed by atoms with Crippen LogP contribution in [-0.4, -0.2) is 14.8 Å². The fourth-order valence-corrected chi connectivity index (χ4v) is 8.32. The summed E-state index contributed by atoms with van der Waals surface area (Å²) in [5.41, 5.74) is 1.07. The molecule has 96 valence electrons. The number of rotatable bonds is 3. The summed E-state index contributed by atoms with van der Waals surface area (Å²) < 4.78 is 0. The highest BCUT2D eigenvalue weighted by atomic mass is 28.3. The molecule has 2 fully saturated rings. The fraction of sp³-hybridized carbons (Fsp3) is 0.867. The smallest absolute Gasteiger partial charge is 0.104 e. The van der Waals surface area contributed by atoms with Crippen molar-refractivity contribution in [1.82, 2.24) is 0 Å². The Balaban J connectivity index is 2.31. The van der Waals surface area contributed by atoms with Crippen LogP contribution in [-0.2, 0) is 0 Å². The second kappa shape index (κ2) is 5.34. The van der Waals surface area contributed by atoms with Crippen LogP contribution in [0.1, 0.15) is 38.5 Å². The molecule has 0 aromatic rings. The van der Waals surface area contributed by atoms with Crippen molar-refractivity contribution in [2.75, 3.05) is 0 Å². The minimum Gasteiger partial charge on any atom is -0.104 e. The van der Waals surface area contributed by atoms with E-state index in [1.807, 2.05) is 0 Å². The van der Waals surface area contributed by atoms with Gasteiger partial charge in [-0.1, -0.05) is 81.8 Å². The van der Waals surface area contributed by atoms with E-state index in [9.17, 15) is 0 Å². The van der Waals surface area contributed by atoms with E-state index in [0.717, 1.165) is 23.9 Å². The van der Waals surface area contributed by atoms with Crippen LogP contribution in [0.15, 0.2) is 12.7 Å². The first-order valence-corrected chi connectivity index (χ1v) is 11.2. The normalized spacial score (nSPS) is 34.3. The van der Waals surface area contributed by atoms with Gasteiger partial charge in [-0.15, -0.1) is 6.58 Å². The Bertz CT molecular complexity index is 259. The highest BCUT2D eigenvalue weighted by Gasteiger charge is 2.46. The van der Waals surface area contributed by atoms with Gasteiger partial charge in [-0.3, -0.25) is 0 Å². The van der Waals surface area contributed by atoms with Gasteiger partial charge < -0.3 is 0 Å². The van der Waals surface area contributed by atoms with Crippen molar-refractivity contribution < 1.29 is 0 Å². The molecule has 0 amide bonds. The first kappa shape index (κ1) is 13.5. The quantitative estimate of drug-likeness (QED) is 0.471. The summed E-state index contributed by atoms with van der Waals surface area (Å²) in [6.07, 6.45) is 12.6. The van der Waals surface area contributed by atoms with E-state index in [1.165, 1.54) is 44.8 Å². The highest BCUT2D eigenvalue weighted by Crippen LogP contribution is 2.51. The third-order valence-electron chi connectivity index (χ3n) is 5.31. The number of hydrogen-bond donors (Lipinski definition) is 0. The van der Waals surface area contributed by atoms with Crippen molar-refractivity contribution in [2.45, 2.75) is 75.7 Å². The molecule has 0 aromatic carbocycles. The van der Waals surface area contributed by atoms with Crippen molar-refractivity contribution in [3.63, 3.8) is 0 Å². The summed E-state index contributed by atoms with van der Waals surface area (Å²) >= 11 is 0. The SMILES string of the molecule is C=CCB1C2CCCC(CCC2)[C@@H]1[Si](C)(C)C. The van der Waals surface area contributed by atoms with Gasteiger partial charge in [0.2, 0.25) is 0 Å². The standard InChI is InChI=1S/C15H29BSi/c1-5-12-16-14-10-6-8-13(9-7-11-14)15(16)17(2,3)4/h5,13-15H,1,6-12H2,2-4H3/t13?,14?,15-/m0/s1. The topological polar surface area (TPSA) is 0 Å². The monoisotopic (exact) mass is 248 g/mol. The molecule has 2 saturated heterocycles. The lowest BCUT2D eigenvalue weighted by Gasteiger charge is -2.39. The predicted octanol–water partition coefficient (Wildman–Crippen LogP) is 5.27. The minimum atomic E-state index is -1.02. The minimum absolute atomic E-state index is 0.981. The average Bonchev–Trinajstić information content (AvgIpc) is 2.44. The van der Waals surface area contributed by atoms with Gasteiger partial charge in [-0.05, 0) is 5.92 Å². The van der Waals surface area contributed by atoms with Crippen LogP contribution in [0.5, 0.6) is 0 Å². The molecule has 0 spiro atoms. The van der Waals surface area contributed by atoms with E-state index < -0.39 is 8.07 Å². The lowest BCUT2D eigenvalue weighted by Crippen LogP contribution is -2.43. The van der Waals surface area contributed by atoms with Gasteiger partial charge in [0.05, 0.1) is 0 Å². The zero-order chi connectivity index (χ0) is 12.5. The second-order valence-corrected chi connectivity index (χ2v) is 12.9. The largest absolute Gasteiger partial charge is 0.147 e. The summed E-state index contributed by atoms with van der Waals surface area (Å²) in [6, 6.07) is 0. The molecule has 2 heterocycles. The summed E-state index contributed by atoms with van der Waals surface area (Å²) in [5, 5.41) is 0. The molecule has 0 nitrogen and oxygen atoms in total. The van der Waals surface area contributed by atoms with Crippen molar-refractivity contribution in [2.24, 2.45) is 5.92 Å². The lowest BCUT2D eigenvalue weighted by molar-refractivity contribution is 0.411. The third-order valence-corrected chi connectivity index (χ3v) is 8.21. The zero-order valence-corrected chi connectivity index (χ0v) is 13.0. The van der Waals surface area contributed by atoms with E-state index in [-0.39, 0.29) is 0 Å². The van der Waals surface area contributed by atoms with E-state index in [1.54, 1.807) is 0 Å². The molecule has 2 heteroatoms. The van der Waals surface area contributed by atoms with Gasteiger partial charge in [-0.2, -0.15) is 0 Å². The molecule has 2 bridgehead atoms. The molecule has 2 aliphatic heterocycles. The van der Waals surface area contributed by atoms with Crippen molar-refractivity contribution in [3.8, 4) is 0 Å². The second-order valence-electron chi connectivity index (χ2n) is 7.46. The molecule has 17 heavy (non-hydrogen) atoms. The number of fused-ring (bicyclic) bond motifs is 3. The first-order valence-electron chi connectivity index (χ1n) is 7.65. The molecule has 0 N–H and O–H groups in total. The summed E-state index contributed by atoms with van der Waals surface area (Å²) in [5.74, 6) is 2.08. The van der Waals surface area contributed by atoms with E-state index >= 15 is 0 Å². The van der Waals surface area contributed by atoms with Gasteiger partial charge in [0.15, 0.2) is 0 Å². The molecule has 0 unspecified atom stereocenters. The van der Waals surface area contributed by atoms with Gasteiger partial charge in [0.25, 0.3) is 0 Å².